The van der Waals surface area contributed by atoms with Gasteiger partial charge in [0.05, 0.1) is 6.04 Å². The van der Waals surface area contributed by atoms with Gasteiger partial charge in [-0.3, -0.25) is 4.90 Å². The van der Waals surface area contributed by atoms with Crippen molar-refractivity contribution in [2.24, 2.45) is 0 Å². The van der Waals surface area contributed by atoms with E-state index in [1.54, 1.807) is 6.07 Å². The highest BCUT2D eigenvalue weighted by Crippen LogP contribution is 2.33. The van der Waals surface area contributed by atoms with Crippen molar-refractivity contribution >= 4 is 0 Å². The van der Waals surface area contributed by atoms with E-state index in [1.807, 2.05) is 44.4 Å². The first-order valence-corrected chi connectivity index (χ1v) is 6.11. The van der Waals surface area contributed by atoms with Crippen LogP contribution in [0.4, 0.5) is 0 Å². The Morgan fingerprint density at radius 3 is 2.00 bits per heavy atom. The number of phenols is 1. The second kappa shape index (κ2) is 5.23. The molecule has 0 aliphatic heterocycles. The average molecular weight is 241 g/mol. The van der Waals surface area contributed by atoms with Crippen LogP contribution < -0.4 is 0 Å². The van der Waals surface area contributed by atoms with Crippen molar-refractivity contribution in [2.45, 2.75) is 13.0 Å². The molecule has 94 valence electrons. The van der Waals surface area contributed by atoms with E-state index < -0.39 is 0 Å². The van der Waals surface area contributed by atoms with Crippen LogP contribution in [0.3, 0.4) is 0 Å². The lowest BCUT2D eigenvalue weighted by molar-refractivity contribution is 0.330. The number of nitrogens with zero attached hydrogens (tertiary/aromatic N) is 1. The summed E-state index contributed by atoms with van der Waals surface area (Å²) in [5.74, 6) is 0.347. The van der Waals surface area contributed by atoms with Gasteiger partial charge in [0.15, 0.2) is 0 Å². The van der Waals surface area contributed by atoms with E-state index in [9.17, 15) is 5.11 Å². The first-order chi connectivity index (χ1) is 8.61. The molecule has 0 aromatic heterocycles. The normalized spacial score (nSPS) is 12.7. The summed E-state index contributed by atoms with van der Waals surface area (Å²) < 4.78 is 0. The lowest BCUT2D eigenvalue weighted by Crippen LogP contribution is -2.22. The molecule has 0 heterocycles. The van der Waals surface area contributed by atoms with E-state index in [0.717, 1.165) is 5.56 Å². The van der Waals surface area contributed by atoms with Gasteiger partial charge >= 0.3 is 0 Å². The summed E-state index contributed by atoms with van der Waals surface area (Å²) in [6, 6.07) is 15.9. The van der Waals surface area contributed by atoms with Gasteiger partial charge in [0.25, 0.3) is 0 Å². The summed E-state index contributed by atoms with van der Waals surface area (Å²) in [6.07, 6.45) is 0. The zero-order chi connectivity index (χ0) is 13.1. The minimum atomic E-state index is 0.0763. The predicted octanol–water partition coefficient (Wildman–Crippen LogP) is 3.35. The molecule has 0 bridgehead atoms. The molecule has 2 aromatic rings. The van der Waals surface area contributed by atoms with Crippen LogP contribution in [0.2, 0.25) is 0 Å². The standard InChI is InChI=1S/C16H19NO/c1-12-8-4-5-9-13(12)16(17(2)3)14-10-6-7-11-15(14)18/h4-11,16,18H,1-3H3. The Bertz CT molecular complexity index is 489. The number of phenolic OH excluding ortho intramolecular Hbond substituents is 1. The molecule has 1 unspecified atom stereocenters. The van der Waals surface area contributed by atoms with Crippen LogP contribution >= 0.6 is 0 Å². The van der Waals surface area contributed by atoms with Gasteiger partial charge in [-0.25, -0.2) is 0 Å². The highest BCUT2D eigenvalue weighted by molar-refractivity contribution is 5.43. The van der Waals surface area contributed by atoms with Gasteiger partial charge in [0.1, 0.15) is 5.75 Å². The smallest absolute Gasteiger partial charge is 0.120 e. The van der Waals surface area contributed by atoms with Crippen LogP contribution in [-0.2, 0) is 0 Å². The summed E-state index contributed by atoms with van der Waals surface area (Å²) in [6.45, 7) is 2.10. The Morgan fingerprint density at radius 1 is 0.889 bits per heavy atom. The van der Waals surface area contributed by atoms with Crippen LogP contribution in [0.5, 0.6) is 5.75 Å². The second-order valence-electron chi connectivity index (χ2n) is 4.78. The molecule has 0 aliphatic rings. The maximum absolute atomic E-state index is 10.1. The molecule has 0 fully saturated rings. The van der Waals surface area contributed by atoms with E-state index >= 15 is 0 Å². The van der Waals surface area contributed by atoms with Gasteiger partial charge in [0.2, 0.25) is 0 Å². The minimum Gasteiger partial charge on any atom is -0.508 e. The maximum Gasteiger partial charge on any atom is 0.120 e. The first kappa shape index (κ1) is 12.7. The molecule has 2 rings (SSSR count). The van der Waals surface area contributed by atoms with Crippen molar-refractivity contribution in [3.63, 3.8) is 0 Å². The summed E-state index contributed by atoms with van der Waals surface area (Å²) in [5.41, 5.74) is 3.40. The quantitative estimate of drug-likeness (QED) is 0.890. The molecule has 0 aliphatic carbocycles. The molecule has 1 N–H and O–H groups in total. The second-order valence-corrected chi connectivity index (χ2v) is 4.78. The van der Waals surface area contributed by atoms with Crippen LogP contribution in [0.1, 0.15) is 22.7 Å². The van der Waals surface area contributed by atoms with Crippen molar-refractivity contribution in [1.29, 1.82) is 0 Å². The fraction of sp³-hybridized carbons (Fsp3) is 0.250. The molecule has 0 spiro atoms. The predicted molar refractivity (Wildman–Crippen MR) is 74.8 cm³/mol. The van der Waals surface area contributed by atoms with Crippen molar-refractivity contribution < 1.29 is 5.11 Å². The zero-order valence-electron chi connectivity index (χ0n) is 11.1. The van der Waals surface area contributed by atoms with E-state index in [1.165, 1.54) is 11.1 Å². The molecule has 0 radical (unpaired) electrons. The third-order valence-corrected chi connectivity index (χ3v) is 3.23. The van der Waals surface area contributed by atoms with Crippen molar-refractivity contribution in [3.05, 3.63) is 65.2 Å². The Labute approximate surface area is 109 Å². The van der Waals surface area contributed by atoms with Gasteiger partial charge in [-0.15, -0.1) is 0 Å². The Hall–Kier alpha value is -1.80. The number of aryl methyl sites for hydroxylation is 1. The monoisotopic (exact) mass is 241 g/mol. The van der Waals surface area contributed by atoms with E-state index in [0.29, 0.717) is 5.75 Å². The third kappa shape index (κ3) is 2.39. The van der Waals surface area contributed by atoms with Crippen molar-refractivity contribution in [1.82, 2.24) is 4.90 Å². The summed E-state index contributed by atoms with van der Waals surface area (Å²) in [4.78, 5) is 2.12. The molecular formula is C16H19NO. The topological polar surface area (TPSA) is 23.5 Å². The fourth-order valence-electron chi connectivity index (χ4n) is 2.34. The Balaban J connectivity index is 2.55. The molecule has 1 atom stereocenters. The number of hydrogen-bond acceptors (Lipinski definition) is 2. The van der Waals surface area contributed by atoms with Gasteiger partial charge < -0.3 is 5.11 Å². The SMILES string of the molecule is Cc1ccccc1C(c1ccccc1O)N(C)C. The summed E-state index contributed by atoms with van der Waals surface area (Å²) in [7, 11) is 4.06. The number of aromatic hydroxyl groups is 1. The third-order valence-electron chi connectivity index (χ3n) is 3.23. The van der Waals surface area contributed by atoms with Gasteiger partial charge in [-0.1, -0.05) is 42.5 Å². The van der Waals surface area contributed by atoms with Crippen LogP contribution in [0, 0.1) is 6.92 Å². The molecule has 2 nitrogen and oxygen atoms in total. The zero-order valence-corrected chi connectivity index (χ0v) is 11.1. The molecule has 0 saturated heterocycles. The number of hydrogen-bond donors (Lipinski definition) is 1. The molecule has 18 heavy (non-hydrogen) atoms. The van der Waals surface area contributed by atoms with Crippen LogP contribution in [0.15, 0.2) is 48.5 Å². The Kier molecular flexibility index (Phi) is 3.68. The fourth-order valence-corrected chi connectivity index (χ4v) is 2.34. The molecule has 2 aromatic carbocycles. The van der Waals surface area contributed by atoms with Crippen LogP contribution in [-0.4, -0.2) is 24.1 Å². The lowest BCUT2D eigenvalue weighted by atomic mass is 9.93. The number of benzene rings is 2. The largest absolute Gasteiger partial charge is 0.508 e. The van der Waals surface area contributed by atoms with E-state index in [2.05, 4.69) is 24.0 Å². The summed E-state index contributed by atoms with van der Waals surface area (Å²) >= 11 is 0. The Morgan fingerprint density at radius 2 is 1.44 bits per heavy atom. The van der Waals surface area contributed by atoms with Gasteiger partial charge in [0, 0.05) is 5.56 Å². The first-order valence-electron chi connectivity index (χ1n) is 6.11. The van der Waals surface area contributed by atoms with E-state index in [-0.39, 0.29) is 6.04 Å². The number of rotatable bonds is 3. The molecule has 0 amide bonds. The maximum atomic E-state index is 10.1. The van der Waals surface area contributed by atoms with Gasteiger partial charge in [-0.2, -0.15) is 0 Å². The van der Waals surface area contributed by atoms with Crippen LogP contribution in [0.25, 0.3) is 0 Å². The lowest BCUT2D eigenvalue weighted by Gasteiger charge is -2.27. The van der Waals surface area contributed by atoms with E-state index in [4.69, 9.17) is 0 Å². The van der Waals surface area contributed by atoms with Crippen molar-refractivity contribution in [3.8, 4) is 5.75 Å². The molecular weight excluding hydrogens is 222 g/mol. The average Bonchev–Trinajstić information content (AvgIpc) is 2.34. The number of para-hydroxylation sites is 1. The highest BCUT2D eigenvalue weighted by atomic mass is 16.3. The molecule has 0 saturated carbocycles. The summed E-state index contributed by atoms with van der Waals surface area (Å²) in [5, 5.41) is 10.1. The van der Waals surface area contributed by atoms with Gasteiger partial charge in [-0.05, 0) is 38.2 Å². The minimum absolute atomic E-state index is 0.0763. The highest BCUT2D eigenvalue weighted by Gasteiger charge is 2.20. The van der Waals surface area contributed by atoms with Crippen molar-refractivity contribution in [2.75, 3.05) is 14.1 Å². The molecule has 2 heteroatoms.